The number of nitrogens with zero attached hydrogens (tertiary/aromatic N) is 3. The van der Waals surface area contributed by atoms with Crippen LogP contribution in [0.1, 0.15) is 34.6 Å². The van der Waals surface area contributed by atoms with Crippen LogP contribution in [0.15, 0.2) is 71.7 Å². The summed E-state index contributed by atoms with van der Waals surface area (Å²) in [6.07, 6.45) is 3.86. The molecule has 0 saturated carbocycles. The number of carbonyl (C=O) groups is 1. The summed E-state index contributed by atoms with van der Waals surface area (Å²) in [5, 5.41) is 12.5. The number of allylic oxidation sites excluding steroid dienone is 2. The predicted octanol–water partition coefficient (Wildman–Crippen LogP) is 5.17. The number of rotatable bonds is 2. The molecule has 0 bridgehead atoms. The highest BCUT2D eigenvalue weighted by atomic mass is 35.5. The first-order valence-corrected chi connectivity index (χ1v) is 12.5. The van der Waals surface area contributed by atoms with Gasteiger partial charge in [-0.3, -0.25) is 19.3 Å². The number of amides is 1. The number of alkyl halides is 3. The van der Waals surface area contributed by atoms with E-state index >= 15 is 0 Å². The molecule has 1 aromatic carbocycles. The number of aromatic hydroxyl groups is 1. The van der Waals surface area contributed by atoms with Gasteiger partial charge in [0.2, 0.25) is 5.43 Å². The molecule has 6 nitrogen and oxygen atoms in total. The van der Waals surface area contributed by atoms with Gasteiger partial charge in [0, 0.05) is 28.8 Å². The summed E-state index contributed by atoms with van der Waals surface area (Å²) in [5.41, 5.74) is 0.548. The summed E-state index contributed by atoms with van der Waals surface area (Å²) in [4.78, 5) is 25.9. The summed E-state index contributed by atoms with van der Waals surface area (Å²) >= 11 is 8.18. The Labute approximate surface area is 214 Å². The molecule has 4 rings (SSSR count). The third kappa shape index (κ3) is 4.79. The van der Waals surface area contributed by atoms with Gasteiger partial charge in [-0.2, -0.15) is 24.9 Å². The predicted molar refractivity (Wildman–Crippen MR) is 135 cm³/mol. The average molecular weight is 538 g/mol. The van der Waals surface area contributed by atoms with E-state index in [1.54, 1.807) is 36.0 Å². The van der Waals surface area contributed by atoms with Gasteiger partial charge in [0.1, 0.15) is 12.7 Å². The second-order valence-electron chi connectivity index (χ2n) is 8.38. The van der Waals surface area contributed by atoms with E-state index in [0.29, 0.717) is 26.8 Å². The zero-order valence-electron chi connectivity index (χ0n) is 19.2. The third-order valence-corrected chi connectivity index (χ3v) is 7.42. The maximum absolute atomic E-state index is 13.8. The van der Waals surface area contributed by atoms with Crippen LogP contribution >= 0.6 is 23.4 Å². The highest BCUT2D eigenvalue weighted by Gasteiger charge is 2.47. The molecule has 0 radical (unpaired) electrons. The molecule has 1 N–H and O–H groups in total. The van der Waals surface area contributed by atoms with Crippen LogP contribution in [0.3, 0.4) is 0 Å². The van der Waals surface area contributed by atoms with E-state index in [1.807, 2.05) is 18.2 Å². The van der Waals surface area contributed by atoms with Gasteiger partial charge in [0.15, 0.2) is 11.4 Å². The lowest BCUT2D eigenvalue weighted by molar-refractivity contribution is -0.173. The Morgan fingerprint density at radius 2 is 1.97 bits per heavy atom. The first-order valence-electron chi connectivity index (χ1n) is 11.0. The normalized spacial score (nSPS) is 21.3. The van der Waals surface area contributed by atoms with Gasteiger partial charge in [-0.1, -0.05) is 54.6 Å². The SMILES string of the molecule is C=C1/C=C\C=C/CSCc2c(Cl)cccc2[C@@H]1N1CN([C@H](C)C(F)(F)F)C(=O)c2c(O)c(=O)ccn21. The van der Waals surface area contributed by atoms with E-state index in [4.69, 9.17) is 11.6 Å². The maximum atomic E-state index is 13.8. The van der Waals surface area contributed by atoms with Crippen LogP contribution in [-0.4, -0.2) is 45.2 Å². The van der Waals surface area contributed by atoms with Gasteiger partial charge in [0.25, 0.3) is 5.91 Å². The minimum Gasteiger partial charge on any atom is -0.502 e. The lowest BCUT2D eigenvalue weighted by Gasteiger charge is -2.46. The van der Waals surface area contributed by atoms with Gasteiger partial charge in [0.05, 0.1) is 6.04 Å². The average Bonchev–Trinajstić information content (AvgIpc) is 2.85. The summed E-state index contributed by atoms with van der Waals surface area (Å²) in [6.45, 7) is 4.56. The topological polar surface area (TPSA) is 65.8 Å². The number of benzene rings is 1. The van der Waals surface area contributed by atoms with E-state index in [0.717, 1.165) is 24.3 Å². The zero-order valence-corrected chi connectivity index (χ0v) is 20.8. The van der Waals surface area contributed by atoms with Crippen molar-refractivity contribution in [1.82, 2.24) is 9.58 Å². The van der Waals surface area contributed by atoms with E-state index in [1.165, 1.54) is 15.9 Å². The number of thioether (sulfide) groups is 1. The summed E-state index contributed by atoms with van der Waals surface area (Å²) in [6, 6.07) is 3.39. The lowest BCUT2D eigenvalue weighted by Crippen LogP contribution is -2.60. The van der Waals surface area contributed by atoms with E-state index in [-0.39, 0.29) is 0 Å². The van der Waals surface area contributed by atoms with Gasteiger partial charge in [-0.05, 0) is 29.7 Å². The summed E-state index contributed by atoms with van der Waals surface area (Å²) < 4.78 is 42.5. The van der Waals surface area contributed by atoms with Crippen molar-refractivity contribution in [3.8, 4) is 5.75 Å². The fraction of sp³-hybridized carbons (Fsp3) is 0.280. The zero-order chi connectivity index (χ0) is 26.2. The van der Waals surface area contributed by atoms with E-state index in [9.17, 15) is 27.9 Å². The molecule has 2 atom stereocenters. The van der Waals surface area contributed by atoms with Crippen molar-refractivity contribution in [1.29, 1.82) is 0 Å². The molecule has 11 heteroatoms. The van der Waals surface area contributed by atoms with Crippen LogP contribution in [0.4, 0.5) is 13.2 Å². The Kier molecular flexibility index (Phi) is 7.28. The van der Waals surface area contributed by atoms with Crippen molar-refractivity contribution in [3.05, 3.63) is 99.0 Å². The van der Waals surface area contributed by atoms with Gasteiger partial charge in [-0.15, -0.1) is 0 Å². The fourth-order valence-electron chi connectivity index (χ4n) is 4.20. The largest absolute Gasteiger partial charge is 0.502 e. The molecule has 0 saturated heterocycles. The minimum absolute atomic E-state index is 0.485. The number of pyridine rings is 1. The molecule has 0 spiro atoms. The van der Waals surface area contributed by atoms with Crippen molar-refractivity contribution in [2.45, 2.75) is 30.9 Å². The second-order valence-corrected chi connectivity index (χ2v) is 9.82. The van der Waals surface area contributed by atoms with Gasteiger partial charge in [-0.25, -0.2) is 0 Å². The molecular formula is C25H23ClF3N3O3S. The van der Waals surface area contributed by atoms with Crippen molar-refractivity contribution >= 4 is 29.3 Å². The van der Waals surface area contributed by atoms with Gasteiger partial charge < -0.3 is 10.0 Å². The molecule has 2 aliphatic rings. The Morgan fingerprint density at radius 1 is 1.22 bits per heavy atom. The Balaban J connectivity index is 1.97. The number of hydrogen-bond acceptors (Lipinski definition) is 5. The molecule has 0 unspecified atom stereocenters. The smallest absolute Gasteiger partial charge is 0.408 e. The molecule has 3 heterocycles. The van der Waals surface area contributed by atoms with E-state index in [2.05, 4.69) is 6.58 Å². The van der Waals surface area contributed by atoms with Crippen molar-refractivity contribution < 1.29 is 23.1 Å². The number of aromatic nitrogens is 1. The number of carbonyl (C=O) groups excluding carboxylic acids is 1. The summed E-state index contributed by atoms with van der Waals surface area (Å²) in [7, 11) is 0. The minimum atomic E-state index is -4.73. The van der Waals surface area contributed by atoms with Crippen molar-refractivity contribution in [3.63, 3.8) is 0 Å². The first kappa shape index (κ1) is 26.0. The molecule has 2 aromatic rings. The van der Waals surface area contributed by atoms with Crippen LogP contribution in [0.2, 0.25) is 5.02 Å². The second kappa shape index (κ2) is 10.1. The van der Waals surface area contributed by atoms with Crippen molar-refractivity contribution in [2.24, 2.45) is 0 Å². The van der Waals surface area contributed by atoms with Crippen LogP contribution in [0.25, 0.3) is 0 Å². The highest BCUT2D eigenvalue weighted by Crippen LogP contribution is 2.38. The quantitative estimate of drug-likeness (QED) is 0.573. The number of hydrogen-bond donors (Lipinski definition) is 1. The van der Waals surface area contributed by atoms with Crippen LogP contribution in [0.5, 0.6) is 5.75 Å². The molecule has 2 aliphatic heterocycles. The van der Waals surface area contributed by atoms with Gasteiger partial charge >= 0.3 is 6.18 Å². The maximum Gasteiger partial charge on any atom is 0.408 e. The third-order valence-electron chi connectivity index (χ3n) is 6.15. The molecule has 0 fully saturated rings. The first-order chi connectivity index (χ1) is 17.0. The molecular weight excluding hydrogens is 515 g/mol. The van der Waals surface area contributed by atoms with Crippen molar-refractivity contribution in [2.75, 3.05) is 17.4 Å². The number of halogens is 4. The standard InChI is InChI=1S/C25H23ClF3N3O3S/c1-15-7-4-3-5-12-36-13-18-17(8-6-9-19(18)26)21(15)32-14-30(16(2)25(27,28)29)24(35)22-23(34)20(33)10-11-31(22)32/h3-11,16,21,34H,1,12-14H2,2H3/b5-3-,7-4-/t16-,21-/m1/s1. The van der Waals surface area contributed by atoms with E-state index < -0.39 is 47.7 Å². The molecule has 36 heavy (non-hydrogen) atoms. The Hall–Kier alpha value is -3.11. The Morgan fingerprint density at radius 3 is 2.69 bits per heavy atom. The fourth-order valence-corrected chi connectivity index (χ4v) is 5.42. The van der Waals surface area contributed by atoms with Crippen LogP contribution in [-0.2, 0) is 5.75 Å². The van der Waals surface area contributed by atoms with Crippen LogP contribution in [0, 0.1) is 0 Å². The monoisotopic (exact) mass is 537 g/mol. The Bertz CT molecular complexity index is 1320. The molecule has 0 aliphatic carbocycles. The number of fused-ring (bicyclic) bond motifs is 2. The molecule has 1 aromatic heterocycles. The highest BCUT2D eigenvalue weighted by molar-refractivity contribution is 7.98. The lowest BCUT2D eigenvalue weighted by atomic mass is 9.94. The molecule has 190 valence electrons. The van der Waals surface area contributed by atoms with Crippen LogP contribution < -0.4 is 10.4 Å². The molecule has 1 amide bonds. The summed E-state index contributed by atoms with van der Waals surface area (Å²) in [5.74, 6) is -0.775.